The van der Waals surface area contributed by atoms with Crippen molar-refractivity contribution < 1.29 is 4.18 Å². The predicted octanol–water partition coefficient (Wildman–Crippen LogP) is 2.82. The van der Waals surface area contributed by atoms with Crippen LogP contribution >= 0.6 is 12.9 Å². The summed E-state index contributed by atoms with van der Waals surface area (Å²) in [6, 6.07) is 0. The second-order valence-electron chi connectivity index (χ2n) is 3.55. The standard InChI is InChI=1S/C8H16OS/c1-7-5-3-4-6-8(7,2)9-10/h7,10H,3-6H2,1-2H3. The van der Waals surface area contributed by atoms with E-state index in [2.05, 4.69) is 26.8 Å². The largest absolute Gasteiger partial charge is 0.312 e. The van der Waals surface area contributed by atoms with E-state index in [1.165, 1.54) is 19.3 Å². The average molecular weight is 160 g/mol. The predicted molar refractivity (Wildman–Crippen MR) is 46.1 cm³/mol. The van der Waals surface area contributed by atoms with Crippen LogP contribution in [0.25, 0.3) is 0 Å². The summed E-state index contributed by atoms with van der Waals surface area (Å²) in [5, 5.41) is 0. The van der Waals surface area contributed by atoms with Gasteiger partial charge in [0.15, 0.2) is 0 Å². The normalized spacial score (nSPS) is 41.7. The summed E-state index contributed by atoms with van der Waals surface area (Å²) in [5.41, 5.74) is 0.0430. The Morgan fingerprint density at radius 3 is 2.60 bits per heavy atom. The molecule has 0 bridgehead atoms. The molecule has 2 heteroatoms. The second kappa shape index (κ2) is 3.14. The van der Waals surface area contributed by atoms with Crippen LogP contribution in [0.3, 0.4) is 0 Å². The maximum Gasteiger partial charge on any atom is 0.0823 e. The summed E-state index contributed by atoms with van der Waals surface area (Å²) < 4.78 is 5.19. The van der Waals surface area contributed by atoms with Crippen molar-refractivity contribution in [3.8, 4) is 0 Å². The molecule has 1 rings (SSSR count). The Labute approximate surface area is 68.8 Å². The molecule has 0 spiro atoms. The zero-order chi connectivity index (χ0) is 7.61. The molecular formula is C8H16OS. The van der Waals surface area contributed by atoms with Gasteiger partial charge in [-0.05, 0) is 38.6 Å². The van der Waals surface area contributed by atoms with E-state index in [9.17, 15) is 0 Å². The monoisotopic (exact) mass is 160 g/mol. The number of hydrogen-bond donors (Lipinski definition) is 1. The van der Waals surface area contributed by atoms with Crippen LogP contribution in [0.1, 0.15) is 39.5 Å². The smallest absolute Gasteiger partial charge is 0.0823 e. The average Bonchev–Trinajstić information content (AvgIpc) is 1.96. The zero-order valence-corrected chi connectivity index (χ0v) is 7.66. The summed E-state index contributed by atoms with van der Waals surface area (Å²) in [7, 11) is 0. The van der Waals surface area contributed by atoms with Gasteiger partial charge in [-0.15, -0.1) is 0 Å². The van der Waals surface area contributed by atoms with Crippen LogP contribution in [-0.2, 0) is 4.18 Å². The van der Waals surface area contributed by atoms with Crippen LogP contribution in [0.4, 0.5) is 0 Å². The minimum Gasteiger partial charge on any atom is -0.312 e. The van der Waals surface area contributed by atoms with Crippen LogP contribution in [0, 0.1) is 5.92 Å². The van der Waals surface area contributed by atoms with Gasteiger partial charge in [0.25, 0.3) is 0 Å². The molecule has 0 aromatic rings. The molecule has 1 aliphatic rings. The molecule has 0 aromatic carbocycles. The van der Waals surface area contributed by atoms with Gasteiger partial charge < -0.3 is 4.18 Å². The van der Waals surface area contributed by atoms with E-state index in [0.29, 0.717) is 5.92 Å². The lowest BCUT2D eigenvalue weighted by Gasteiger charge is -2.37. The Bertz CT molecular complexity index is 116. The van der Waals surface area contributed by atoms with Gasteiger partial charge in [-0.2, -0.15) is 0 Å². The molecule has 0 heterocycles. The molecule has 0 saturated heterocycles. The molecule has 0 aromatic heterocycles. The third-order valence-electron chi connectivity index (χ3n) is 2.81. The van der Waals surface area contributed by atoms with Crippen molar-refractivity contribution in [1.29, 1.82) is 0 Å². The van der Waals surface area contributed by atoms with Crippen molar-refractivity contribution in [3.05, 3.63) is 0 Å². The Balaban J connectivity index is 2.54. The molecule has 1 saturated carbocycles. The summed E-state index contributed by atoms with van der Waals surface area (Å²) in [4.78, 5) is 0. The van der Waals surface area contributed by atoms with Crippen LogP contribution in [0.2, 0.25) is 0 Å². The molecule has 0 N–H and O–H groups in total. The lowest BCUT2D eigenvalue weighted by atomic mass is 9.78. The molecule has 1 aliphatic carbocycles. The van der Waals surface area contributed by atoms with Gasteiger partial charge in [0.1, 0.15) is 0 Å². The van der Waals surface area contributed by atoms with E-state index in [1.54, 1.807) is 0 Å². The minimum absolute atomic E-state index is 0.0430. The molecule has 1 fully saturated rings. The molecule has 2 unspecified atom stereocenters. The maximum atomic E-state index is 5.19. The third-order valence-corrected chi connectivity index (χ3v) is 3.23. The summed E-state index contributed by atoms with van der Waals surface area (Å²) >= 11 is 3.91. The highest BCUT2D eigenvalue weighted by Crippen LogP contribution is 2.36. The molecule has 10 heavy (non-hydrogen) atoms. The van der Waals surface area contributed by atoms with Crippen molar-refractivity contribution in [2.24, 2.45) is 5.92 Å². The maximum absolute atomic E-state index is 5.19. The summed E-state index contributed by atoms with van der Waals surface area (Å²) in [5.74, 6) is 0.666. The van der Waals surface area contributed by atoms with E-state index in [4.69, 9.17) is 4.18 Å². The molecule has 1 nitrogen and oxygen atoms in total. The molecule has 0 amide bonds. The van der Waals surface area contributed by atoms with Crippen molar-refractivity contribution in [1.82, 2.24) is 0 Å². The van der Waals surface area contributed by atoms with Crippen molar-refractivity contribution in [3.63, 3.8) is 0 Å². The Morgan fingerprint density at radius 1 is 1.50 bits per heavy atom. The highest BCUT2D eigenvalue weighted by Gasteiger charge is 2.33. The van der Waals surface area contributed by atoms with E-state index >= 15 is 0 Å². The van der Waals surface area contributed by atoms with E-state index in [1.807, 2.05) is 0 Å². The topological polar surface area (TPSA) is 9.23 Å². The summed E-state index contributed by atoms with van der Waals surface area (Å²) in [6.45, 7) is 4.40. The Hall–Kier alpha value is 0.310. The van der Waals surface area contributed by atoms with Gasteiger partial charge in [0, 0.05) is 0 Å². The molecule has 60 valence electrons. The van der Waals surface area contributed by atoms with Crippen molar-refractivity contribution in [2.75, 3.05) is 0 Å². The van der Waals surface area contributed by atoms with Gasteiger partial charge in [-0.25, -0.2) is 0 Å². The SMILES string of the molecule is CC1CCCCC1(C)OS. The number of thiol groups is 1. The van der Waals surface area contributed by atoms with Gasteiger partial charge >= 0.3 is 0 Å². The molecule has 2 atom stereocenters. The molecular weight excluding hydrogens is 144 g/mol. The summed E-state index contributed by atoms with van der Waals surface area (Å²) in [6.07, 6.45) is 5.10. The number of rotatable bonds is 1. The first-order chi connectivity index (χ1) is 4.69. The molecule has 0 radical (unpaired) electrons. The van der Waals surface area contributed by atoms with Gasteiger partial charge in [-0.3, -0.25) is 0 Å². The number of hydrogen-bond acceptors (Lipinski definition) is 2. The highest BCUT2D eigenvalue weighted by molar-refractivity contribution is 7.75. The fraction of sp³-hybridized carbons (Fsp3) is 1.00. The first-order valence-corrected chi connectivity index (χ1v) is 4.38. The fourth-order valence-corrected chi connectivity index (χ4v) is 1.89. The lowest BCUT2D eigenvalue weighted by Crippen LogP contribution is -2.36. The molecule has 0 aliphatic heterocycles. The van der Waals surface area contributed by atoms with Gasteiger partial charge in [0.05, 0.1) is 5.60 Å². The third kappa shape index (κ3) is 1.48. The second-order valence-corrected chi connectivity index (χ2v) is 3.73. The van der Waals surface area contributed by atoms with Gasteiger partial charge in [0.2, 0.25) is 0 Å². The van der Waals surface area contributed by atoms with Crippen molar-refractivity contribution in [2.45, 2.75) is 45.1 Å². The van der Waals surface area contributed by atoms with Crippen LogP contribution in [0.5, 0.6) is 0 Å². The fourth-order valence-electron chi connectivity index (χ4n) is 1.61. The Kier molecular flexibility index (Phi) is 2.64. The first kappa shape index (κ1) is 8.41. The zero-order valence-electron chi connectivity index (χ0n) is 6.76. The quantitative estimate of drug-likeness (QED) is 0.458. The minimum atomic E-state index is 0.0430. The Morgan fingerprint density at radius 2 is 2.20 bits per heavy atom. The van der Waals surface area contributed by atoms with E-state index in [-0.39, 0.29) is 5.60 Å². The van der Waals surface area contributed by atoms with Crippen LogP contribution in [0.15, 0.2) is 0 Å². The van der Waals surface area contributed by atoms with Crippen LogP contribution in [-0.4, -0.2) is 5.60 Å². The first-order valence-electron chi connectivity index (χ1n) is 4.01. The van der Waals surface area contributed by atoms with E-state index < -0.39 is 0 Å². The van der Waals surface area contributed by atoms with Crippen LogP contribution < -0.4 is 0 Å². The highest BCUT2D eigenvalue weighted by atomic mass is 32.1. The van der Waals surface area contributed by atoms with Gasteiger partial charge in [-0.1, -0.05) is 19.8 Å². The van der Waals surface area contributed by atoms with Crippen molar-refractivity contribution >= 4 is 12.9 Å². The lowest BCUT2D eigenvalue weighted by molar-refractivity contribution is 0.0219. The van der Waals surface area contributed by atoms with E-state index in [0.717, 1.165) is 6.42 Å².